The monoisotopic (exact) mass is 281 g/mol. The average Bonchev–Trinajstić information content (AvgIpc) is 2.94. The highest BCUT2D eigenvalue weighted by molar-refractivity contribution is 6.00. The first-order chi connectivity index (χ1) is 10.2. The minimum Gasteiger partial charge on any atom is -0.478 e. The summed E-state index contributed by atoms with van der Waals surface area (Å²) in [6.07, 6.45) is 6.66. The second-order valence-electron chi connectivity index (χ2n) is 4.81. The minimum atomic E-state index is -0.987. The predicted octanol–water partition coefficient (Wildman–Crippen LogP) is 3.07. The van der Waals surface area contributed by atoms with E-state index in [9.17, 15) is 9.90 Å². The summed E-state index contributed by atoms with van der Waals surface area (Å²) in [5.41, 5.74) is 1.59. The van der Waals surface area contributed by atoms with Gasteiger partial charge in [0.15, 0.2) is 0 Å². The molecule has 21 heavy (non-hydrogen) atoms. The molecular weight excluding hydrogens is 266 g/mol. The molecule has 0 atom stereocenters. The Bertz CT molecular complexity index is 808. The molecule has 3 aromatic rings. The van der Waals surface area contributed by atoms with Crippen LogP contribution in [0.4, 0.5) is 0 Å². The average molecular weight is 281 g/mol. The minimum absolute atomic E-state index is 0.184. The van der Waals surface area contributed by atoms with E-state index < -0.39 is 5.97 Å². The number of carboxylic acid groups (broad SMARTS) is 1. The smallest absolute Gasteiger partial charge is 0.339 e. The Balaban J connectivity index is 2.35. The van der Waals surface area contributed by atoms with Crippen molar-refractivity contribution in [2.24, 2.45) is 0 Å². The molecule has 0 radical (unpaired) electrons. The van der Waals surface area contributed by atoms with Gasteiger partial charge in [0.25, 0.3) is 0 Å². The molecule has 1 aromatic carbocycles. The quantitative estimate of drug-likeness (QED) is 0.798. The van der Waals surface area contributed by atoms with Crippen LogP contribution in [0, 0.1) is 0 Å². The van der Waals surface area contributed by atoms with Gasteiger partial charge in [0.05, 0.1) is 11.2 Å². The van der Waals surface area contributed by atoms with Crippen molar-refractivity contribution in [2.45, 2.75) is 19.8 Å². The predicted molar refractivity (Wildman–Crippen MR) is 79.8 cm³/mol. The maximum Gasteiger partial charge on any atom is 0.339 e. The fraction of sp³-hybridized carbons (Fsp3) is 0.188. The van der Waals surface area contributed by atoms with Gasteiger partial charge in [0.1, 0.15) is 11.4 Å². The second kappa shape index (κ2) is 5.36. The summed E-state index contributed by atoms with van der Waals surface area (Å²) in [7, 11) is 0. The van der Waals surface area contributed by atoms with Crippen molar-refractivity contribution in [2.75, 3.05) is 0 Å². The molecule has 0 unspecified atom stereocenters. The van der Waals surface area contributed by atoms with Crippen molar-refractivity contribution in [1.82, 2.24) is 14.5 Å². The van der Waals surface area contributed by atoms with Crippen LogP contribution in [0.1, 0.15) is 29.5 Å². The third kappa shape index (κ3) is 2.27. The van der Waals surface area contributed by atoms with Gasteiger partial charge >= 0.3 is 5.97 Å². The van der Waals surface area contributed by atoms with Crippen LogP contribution in [-0.2, 0) is 6.42 Å². The number of pyridine rings is 1. The zero-order valence-electron chi connectivity index (χ0n) is 11.7. The Hall–Kier alpha value is -2.69. The third-order valence-electron chi connectivity index (χ3n) is 3.41. The van der Waals surface area contributed by atoms with Gasteiger partial charge in [0, 0.05) is 30.4 Å². The summed E-state index contributed by atoms with van der Waals surface area (Å²) in [6.45, 7) is 2.07. The molecule has 0 aliphatic rings. The highest BCUT2D eigenvalue weighted by Crippen LogP contribution is 2.26. The van der Waals surface area contributed by atoms with E-state index in [2.05, 4.69) is 16.9 Å². The number of carbonyl (C=O) groups is 1. The van der Waals surface area contributed by atoms with Gasteiger partial charge in [-0.2, -0.15) is 0 Å². The highest BCUT2D eigenvalue weighted by atomic mass is 16.4. The number of hydrogen-bond donors (Lipinski definition) is 1. The van der Waals surface area contributed by atoms with Gasteiger partial charge < -0.3 is 9.67 Å². The lowest BCUT2D eigenvalue weighted by atomic mass is 10.1. The molecule has 0 amide bonds. The lowest BCUT2D eigenvalue weighted by Crippen LogP contribution is -2.09. The van der Waals surface area contributed by atoms with E-state index in [1.807, 2.05) is 28.8 Å². The van der Waals surface area contributed by atoms with E-state index in [4.69, 9.17) is 0 Å². The van der Waals surface area contributed by atoms with E-state index in [1.165, 1.54) is 6.20 Å². The molecule has 2 aromatic heterocycles. The summed E-state index contributed by atoms with van der Waals surface area (Å²) >= 11 is 0. The molecule has 0 spiro atoms. The van der Waals surface area contributed by atoms with Gasteiger partial charge in [-0.25, -0.2) is 9.78 Å². The molecule has 1 N–H and O–H groups in total. The molecule has 0 saturated carbocycles. The molecular formula is C16H15N3O2. The normalized spacial score (nSPS) is 10.9. The summed E-state index contributed by atoms with van der Waals surface area (Å²) in [5, 5.41) is 10.3. The summed E-state index contributed by atoms with van der Waals surface area (Å²) in [4.78, 5) is 20.1. The number of aromatic nitrogens is 3. The molecule has 0 bridgehead atoms. The molecule has 0 aliphatic heterocycles. The first kappa shape index (κ1) is 13.3. The third-order valence-corrected chi connectivity index (χ3v) is 3.41. The Morgan fingerprint density at radius 1 is 1.29 bits per heavy atom. The van der Waals surface area contributed by atoms with Crippen molar-refractivity contribution in [3.63, 3.8) is 0 Å². The van der Waals surface area contributed by atoms with Crippen molar-refractivity contribution in [1.29, 1.82) is 0 Å². The van der Waals surface area contributed by atoms with Crippen LogP contribution in [0.15, 0.2) is 42.9 Å². The molecule has 3 rings (SSSR count). The van der Waals surface area contributed by atoms with Gasteiger partial charge in [0.2, 0.25) is 0 Å². The number of benzene rings is 1. The van der Waals surface area contributed by atoms with E-state index in [1.54, 1.807) is 12.4 Å². The largest absolute Gasteiger partial charge is 0.478 e. The zero-order chi connectivity index (χ0) is 14.8. The van der Waals surface area contributed by atoms with E-state index in [0.29, 0.717) is 5.69 Å². The van der Waals surface area contributed by atoms with Crippen molar-refractivity contribution >= 4 is 16.9 Å². The summed E-state index contributed by atoms with van der Waals surface area (Å²) in [5.74, 6) is -0.129. The Kier molecular flexibility index (Phi) is 3.39. The molecule has 106 valence electrons. The number of hydrogen-bond acceptors (Lipinski definition) is 3. The van der Waals surface area contributed by atoms with Crippen molar-refractivity contribution in [3.8, 4) is 5.69 Å². The lowest BCUT2D eigenvalue weighted by Gasteiger charge is -2.13. The van der Waals surface area contributed by atoms with E-state index in [-0.39, 0.29) is 5.56 Å². The lowest BCUT2D eigenvalue weighted by molar-refractivity contribution is 0.0696. The van der Waals surface area contributed by atoms with Crippen LogP contribution in [-0.4, -0.2) is 25.6 Å². The first-order valence-corrected chi connectivity index (χ1v) is 6.86. The Labute approximate surface area is 121 Å². The maximum absolute atomic E-state index is 11.6. The topological polar surface area (TPSA) is 68.0 Å². The van der Waals surface area contributed by atoms with E-state index in [0.717, 1.165) is 29.6 Å². The fourth-order valence-electron chi connectivity index (χ4n) is 2.49. The number of fused-ring (bicyclic) bond motifs is 1. The molecule has 5 heteroatoms. The highest BCUT2D eigenvalue weighted by Gasteiger charge is 2.17. The van der Waals surface area contributed by atoms with Crippen LogP contribution in [0.3, 0.4) is 0 Å². The molecule has 0 saturated heterocycles. The van der Waals surface area contributed by atoms with Crippen molar-refractivity contribution in [3.05, 3.63) is 54.2 Å². The Morgan fingerprint density at radius 3 is 2.86 bits per heavy atom. The van der Waals surface area contributed by atoms with Gasteiger partial charge in [-0.1, -0.05) is 25.1 Å². The van der Waals surface area contributed by atoms with E-state index >= 15 is 0 Å². The van der Waals surface area contributed by atoms with Crippen LogP contribution < -0.4 is 0 Å². The molecule has 2 heterocycles. The number of aryl methyl sites for hydroxylation is 1. The molecule has 0 aliphatic carbocycles. The van der Waals surface area contributed by atoms with Gasteiger partial charge in [-0.3, -0.25) is 4.98 Å². The van der Waals surface area contributed by atoms with Crippen molar-refractivity contribution < 1.29 is 9.90 Å². The standard InChI is InChI=1S/C16H15N3O2/c1-2-5-14-17-8-9-19(14)15-11-6-3-4-7-13(11)18-10-12(15)16(20)21/h3-4,6-10H,2,5H2,1H3,(H,20,21). The number of carboxylic acids is 1. The van der Waals surface area contributed by atoms with Gasteiger partial charge in [-0.15, -0.1) is 0 Å². The second-order valence-corrected chi connectivity index (χ2v) is 4.81. The van der Waals surface area contributed by atoms with Crippen LogP contribution in [0.2, 0.25) is 0 Å². The number of aromatic carboxylic acids is 1. The Morgan fingerprint density at radius 2 is 2.10 bits per heavy atom. The van der Waals surface area contributed by atoms with Crippen LogP contribution in [0.25, 0.3) is 16.6 Å². The summed E-state index contributed by atoms with van der Waals surface area (Å²) < 4.78 is 1.86. The fourth-order valence-corrected chi connectivity index (χ4v) is 2.49. The van der Waals surface area contributed by atoms with Crippen LogP contribution in [0.5, 0.6) is 0 Å². The number of para-hydroxylation sites is 1. The molecule has 0 fully saturated rings. The number of nitrogens with zero attached hydrogens (tertiary/aromatic N) is 3. The zero-order valence-corrected chi connectivity index (χ0v) is 11.7. The number of imidazole rings is 1. The summed E-state index contributed by atoms with van der Waals surface area (Å²) in [6, 6.07) is 7.54. The SMILES string of the molecule is CCCc1nccn1-c1c(C(=O)O)cnc2ccccc12. The van der Waals surface area contributed by atoms with Gasteiger partial charge in [-0.05, 0) is 12.5 Å². The first-order valence-electron chi connectivity index (χ1n) is 6.86. The number of rotatable bonds is 4. The molecule has 5 nitrogen and oxygen atoms in total. The maximum atomic E-state index is 11.6. The van der Waals surface area contributed by atoms with Crippen LogP contribution >= 0.6 is 0 Å².